The Morgan fingerprint density at radius 2 is 2.33 bits per heavy atom. The van der Waals surface area contributed by atoms with Gasteiger partial charge in [0.1, 0.15) is 0 Å². The second-order valence-electron chi connectivity index (χ2n) is 0.915. The number of alkyl halides is 1. The Balaban J connectivity index is 2.63. The molecule has 0 saturated heterocycles. The van der Waals surface area contributed by atoms with Crippen molar-refractivity contribution in [3.8, 4) is 0 Å². The number of hydrogen-bond acceptors (Lipinski definition) is 1. The van der Waals surface area contributed by atoms with Crippen molar-refractivity contribution in [1.29, 1.82) is 0 Å². The van der Waals surface area contributed by atoms with Gasteiger partial charge < -0.3 is 4.74 Å². The van der Waals surface area contributed by atoms with Gasteiger partial charge in [0.2, 0.25) is 0 Å². The zero-order chi connectivity index (χ0) is 4.99. The smallest absolute Gasteiger partial charge is 0.196 e. The Morgan fingerprint density at radius 1 is 1.83 bits per heavy atom. The zero-order valence-corrected chi connectivity index (χ0v) is 3.94. The molecular weight excluding hydrogens is 83.0 g/mol. The third-order valence-electron chi connectivity index (χ3n) is 0.324. The maximum Gasteiger partial charge on any atom is 0.196 e. The van der Waals surface area contributed by atoms with Gasteiger partial charge in [0, 0.05) is 0 Å². The third-order valence-corrected chi connectivity index (χ3v) is 0.324. The molecule has 0 N–H and O–H groups in total. The van der Waals surface area contributed by atoms with Crippen molar-refractivity contribution in [2.75, 3.05) is 0 Å². The summed E-state index contributed by atoms with van der Waals surface area (Å²) in [4.78, 5) is 0. The molecule has 1 atom stereocenters. The van der Waals surface area contributed by atoms with Gasteiger partial charge in [-0.25, -0.2) is 4.39 Å². The van der Waals surface area contributed by atoms with E-state index in [0.717, 1.165) is 0 Å². The van der Waals surface area contributed by atoms with E-state index in [1.165, 1.54) is 13.5 Å². The van der Waals surface area contributed by atoms with Gasteiger partial charge in [-0.15, -0.1) is 0 Å². The van der Waals surface area contributed by atoms with Gasteiger partial charge in [0.05, 0.1) is 6.61 Å². The molecule has 6 heavy (non-hydrogen) atoms. The fourth-order valence-corrected chi connectivity index (χ4v) is 0.188. The molecule has 0 rings (SSSR count). The SMILES string of the molecule is C[CH]OC(C)F. The summed E-state index contributed by atoms with van der Waals surface area (Å²) >= 11 is 0. The molecular formula is C4H8FO. The first-order valence-electron chi connectivity index (χ1n) is 1.84. The third kappa shape index (κ3) is 3.89. The fraction of sp³-hybridized carbons (Fsp3) is 0.750. The molecule has 2 heteroatoms. The Bertz CT molecular complexity index is 28.7. The molecule has 0 aliphatic carbocycles. The van der Waals surface area contributed by atoms with E-state index in [2.05, 4.69) is 4.74 Å². The molecule has 0 fully saturated rings. The van der Waals surface area contributed by atoms with Crippen LogP contribution in [0.3, 0.4) is 0 Å². The highest BCUT2D eigenvalue weighted by atomic mass is 19.1. The topological polar surface area (TPSA) is 9.23 Å². The summed E-state index contributed by atoms with van der Waals surface area (Å²) in [6.45, 7) is 4.29. The molecule has 0 aromatic heterocycles. The van der Waals surface area contributed by atoms with Crippen LogP contribution in [0, 0.1) is 6.61 Å². The lowest BCUT2D eigenvalue weighted by atomic mass is 10.8. The van der Waals surface area contributed by atoms with Crippen molar-refractivity contribution in [3.05, 3.63) is 6.61 Å². The molecule has 37 valence electrons. The van der Waals surface area contributed by atoms with Crippen LogP contribution in [0.5, 0.6) is 0 Å². The van der Waals surface area contributed by atoms with Crippen LogP contribution in [0.4, 0.5) is 4.39 Å². The first-order valence-corrected chi connectivity index (χ1v) is 1.84. The molecule has 0 heterocycles. The lowest BCUT2D eigenvalue weighted by Gasteiger charge is -1.95. The van der Waals surface area contributed by atoms with Crippen LogP contribution in [0.1, 0.15) is 13.8 Å². The van der Waals surface area contributed by atoms with Crippen LogP contribution < -0.4 is 0 Å². The lowest BCUT2D eigenvalue weighted by molar-refractivity contribution is 0.0168. The second-order valence-corrected chi connectivity index (χ2v) is 0.915. The van der Waals surface area contributed by atoms with Gasteiger partial charge >= 0.3 is 0 Å². The Morgan fingerprint density at radius 3 is 2.33 bits per heavy atom. The van der Waals surface area contributed by atoms with E-state index in [1.54, 1.807) is 6.92 Å². The van der Waals surface area contributed by atoms with E-state index >= 15 is 0 Å². The summed E-state index contributed by atoms with van der Waals surface area (Å²) in [5.41, 5.74) is 0. The number of halogens is 1. The molecule has 1 unspecified atom stereocenters. The van der Waals surface area contributed by atoms with Gasteiger partial charge in [0.25, 0.3) is 0 Å². The molecule has 0 amide bonds. The molecule has 1 nitrogen and oxygen atoms in total. The summed E-state index contributed by atoms with van der Waals surface area (Å²) in [5.74, 6) is 0. The fourth-order valence-electron chi connectivity index (χ4n) is 0.188. The minimum Gasteiger partial charge on any atom is -0.343 e. The molecule has 1 radical (unpaired) electrons. The monoisotopic (exact) mass is 91.1 g/mol. The van der Waals surface area contributed by atoms with Gasteiger partial charge in [-0.2, -0.15) is 0 Å². The number of hydrogen-bond donors (Lipinski definition) is 0. The Kier molecular flexibility index (Phi) is 3.04. The van der Waals surface area contributed by atoms with Crippen molar-refractivity contribution in [1.82, 2.24) is 0 Å². The minimum absolute atomic E-state index is 1.16. The molecule has 0 aromatic carbocycles. The average Bonchev–Trinajstić information content (AvgIpc) is 1.35. The number of ether oxygens (including phenoxy) is 1. The molecule has 0 aliphatic heterocycles. The molecule has 0 spiro atoms. The quantitative estimate of drug-likeness (QED) is 0.500. The Hall–Kier alpha value is -0.110. The zero-order valence-electron chi connectivity index (χ0n) is 3.94. The molecule has 0 aliphatic rings. The maximum absolute atomic E-state index is 11.4. The van der Waals surface area contributed by atoms with Crippen LogP contribution in [0.15, 0.2) is 0 Å². The van der Waals surface area contributed by atoms with Gasteiger partial charge in [-0.3, -0.25) is 0 Å². The van der Waals surface area contributed by atoms with E-state index in [9.17, 15) is 4.39 Å². The Labute approximate surface area is 37.1 Å². The molecule has 0 aromatic rings. The van der Waals surface area contributed by atoms with Gasteiger partial charge in [0.15, 0.2) is 6.36 Å². The summed E-state index contributed by atoms with van der Waals surface area (Å²) in [5, 5.41) is 0. The van der Waals surface area contributed by atoms with E-state index in [1.807, 2.05) is 0 Å². The summed E-state index contributed by atoms with van der Waals surface area (Å²) in [6.07, 6.45) is -1.16. The van der Waals surface area contributed by atoms with Crippen LogP contribution in [-0.4, -0.2) is 6.36 Å². The first-order chi connectivity index (χ1) is 2.77. The molecule has 0 bridgehead atoms. The summed E-state index contributed by atoms with van der Waals surface area (Å²) < 4.78 is 15.7. The summed E-state index contributed by atoms with van der Waals surface area (Å²) in [7, 11) is 0. The maximum atomic E-state index is 11.4. The first kappa shape index (κ1) is 5.89. The lowest BCUT2D eigenvalue weighted by Crippen LogP contribution is -1.93. The van der Waals surface area contributed by atoms with E-state index in [-0.39, 0.29) is 0 Å². The normalized spacial score (nSPS) is 14.5. The van der Waals surface area contributed by atoms with Crippen molar-refractivity contribution in [2.24, 2.45) is 0 Å². The molecule has 0 saturated carbocycles. The predicted octanol–water partition coefficient (Wildman–Crippen LogP) is 1.50. The van der Waals surface area contributed by atoms with Crippen LogP contribution in [0.2, 0.25) is 0 Å². The second kappa shape index (κ2) is 3.09. The highest BCUT2D eigenvalue weighted by Crippen LogP contribution is 1.90. The average molecular weight is 91.1 g/mol. The number of rotatable bonds is 2. The van der Waals surface area contributed by atoms with Gasteiger partial charge in [-0.05, 0) is 13.8 Å². The standard InChI is InChI=1S/C4H8FO/c1-3-6-4(2)5/h3-4H,1-2H3. The van der Waals surface area contributed by atoms with Gasteiger partial charge in [-0.1, -0.05) is 0 Å². The van der Waals surface area contributed by atoms with E-state index in [4.69, 9.17) is 0 Å². The summed E-state index contributed by atoms with van der Waals surface area (Å²) in [6, 6.07) is 0. The van der Waals surface area contributed by atoms with E-state index in [0.29, 0.717) is 0 Å². The highest BCUT2D eigenvalue weighted by Gasteiger charge is 1.89. The van der Waals surface area contributed by atoms with Crippen molar-refractivity contribution in [3.63, 3.8) is 0 Å². The minimum atomic E-state index is -1.16. The van der Waals surface area contributed by atoms with Crippen LogP contribution in [0.25, 0.3) is 0 Å². The van der Waals surface area contributed by atoms with E-state index < -0.39 is 6.36 Å². The van der Waals surface area contributed by atoms with Crippen LogP contribution >= 0.6 is 0 Å². The van der Waals surface area contributed by atoms with Crippen molar-refractivity contribution in [2.45, 2.75) is 20.2 Å². The van der Waals surface area contributed by atoms with Crippen molar-refractivity contribution >= 4 is 0 Å². The highest BCUT2D eigenvalue weighted by molar-refractivity contribution is 4.33. The largest absolute Gasteiger partial charge is 0.343 e. The van der Waals surface area contributed by atoms with Crippen LogP contribution in [-0.2, 0) is 4.74 Å². The predicted molar refractivity (Wildman–Crippen MR) is 21.6 cm³/mol. The van der Waals surface area contributed by atoms with Crippen molar-refractivity contribution < 1.29 is 9.13 Å².